The molecule has 6 nitrogen and oxygen atoms in total. The SMILES string of the molecule is COCc1ccc(CNC(=O)CN2CCC[C@@H](c3ccn[nH]3)C2)cc1. The van der Waals surface area contributed by atoms with E-state index in [1.165, 1.54) is 5.69 Å². The van der Waals surface area contributed by atoms with Gasteiger partial charge in [-0.25, -0.2) is 0 Å². The predicted octanol–water partition coefficient (Wildman–Crippen LogP) is 2.05. The second-order valence-corrected chi connectivity index (χ2v) is 6.61. The summed E-state index contributed by atoms with van der Waals surface area (Å²) in [7, 11) is 1.69. The number of likely N-dealkylation sites (tertiary alicyclic amines) is 1. The summed E-state index contributed by atoms with van der Waals surface area (Å²) < 4.78 is 5.10. The molecule has 3 rings (SSSR count). The molecule has 0 aliphatic carbocycles. The first-order valence-corrected chi connectivity index (χ1v) is 8.79. The summed E-state index contributed by atoms with van der Waals surface area (Å²) in [4.78, 5) is 14.5. The lowest BCUT2D eigenvalue weighted by Gasteiger charge is -2.31. The Labute approximate surface area is 148 Å². The maximum Gasteiger partial charge on any atom is 0.234 e. The smallest absolute Gasteiger partial charge is 0.234 e. The van der Waals surface area contributed by atoms with Crippen LogP contribution >= 0.6 is 0 Å². The molecule has 2 aromatic rings. The quantitative estimate of drug-likeness (QED) is 0.808. The normalized spacial score (nSPS) is 18.2. The number of aromatic amines is 1. The van der Waals surface area contributed by atoms with Gasteiger partial charge in [-0.05, 0) is 36.6 Å². The topological polar surface area (TPSA) is 70.2 Å². The molecule has 2 heterocycles. The molecule has 1 aromatic heterocycles. The van der Waals surface area contributed by atoms with Crippen molar-refractivity contribution in [1.29, 1.82) is 0 Å². The highest BCUT2D eigenvalue weighted by atomic mass is 16.5. The van der Waals surface area contributed by atoms with Crippen molar-refractivity contribution in [2.45, 2.75) is 31.9 Å². The molecule has 0 spiro atoms. The van der Waals surface area contributed by atoms with Gasteiger partial charge in [0.25, 0.3) is 0 Å². The van der Waals surface area contributed by atoms with Crippen molar-refractivity contribution in [3.8, 4) is 0 Å². The largest absolute Gasteiger partial charge is 0.380 e. The van der Waals surface area contributed by atoms with E-state index in [-0.39, 0.29) is 5.91 Å². The lowest BCUT2D eigenvalue weighted by molar-refractivity contribution is -0.122. The number of aromatic nitrogens is 2. The van der Waals surface area contributed by atoms with E-state index in [4.69, 9.17) is 4.74 Å². The van der Waals surface area contributed by atoms with E-state index < -0.39 is 0 Å². The van der Waals surface area contributed by atoms with Crippen molar-refractivity contribution in [2.75, 3.05) is 26.7 Å². The Hall–Kier alpha value is -2.18. The van der Waals surface area contributed by atoms with Gasteiger partial charge in [-0.3, -0.25) is 14.8 Å². The van der Waals surface area contributed by atoms with Crippen molar-refractivity contribution < 1.29 is 9.53 Å². The zero-order chi connectivity index (χ0) is 17.5. The van der Waals surface area contributed by atoms with Crippen molar-refractivity contribution in [3.05, 3.63) is 53.3 Å². The van der Waals surface area contributed by atoms with Crippen LogP contribution in [0.1, 0.15) is 35.6 Å². The van der Waals surface area contributed by atoms with Crippen LogP contribution in [0.5, 0.6) is 0 Å². The van der Waals surface area contributed by atoms with Gasteiger partial charge in [0.1, 0.15) is 0 Å². The number of carbonyl (C=O) groups excluding carboxylic acids is 1. The fraction of sp³-hybridized carbons (Fsp3) is 0.474. The molecule has 25 heavy (non-hydrogen) atoms. The van der Waals surface area contributed by atoms with E-state index in [9.17, 15) is 4.79 Å². The van der Waals surface area contributed by atoms with Crippen molar-refractivity contribution >= 4 is 5.91 Å². The Morgan fingerprint density at radius 2 is 2.12 bits per heavy atom. The van der Waals surface area contributed by atoms with E-state index in [1.807, 2.05) is 30.3 Å². The molecule has 0 radical (unpaired) electrons. The standard InChI is InChI=1S/C19H26N4O2/c1-25-14-16-6-4-15(5-7-16)11-20-19(24)13-23-10-2-3-17(12-23)18-8-9-21-22-18/h4-9,17H,2-3,10-14H2,1H3,(H,20,24)(H,21,22)/t17-/m1/s1. The summed E-state index contributed by atoms with van der Waals surface area (Å²) >= 11 is 0. The van der Waals surface area contributed by atoms with Gasteiger partial charge in [0.2, 0.25) is 5.91 Å². The predicted molar refractivity (Wildman–Crippen MR) is 96.0 cm³/mol. The molecular weight excluding hydrogens is 316 g/mol. The van der Waals surface area contributed by atoms with Gasteiger partial charge in [0, 0.05) is 38.0 Å². The summed E-state index contributed by atoms with van der Waals surface area (Å²) in [6.07, 6.45) is 4.05. The number of methoxy groups -OCH3 is 1. The molecule has 134 valence electrons. The highest BCUT2D eigenvalue weighted by Crippen LogP contribution is 2.24. The van der Waals surface area contributed by atoms with Crippen LogP contribution in [0.15, 0.2) is 36.5 Å². The molecule has 1 aromatic carbocycles. The van der Waals surface area contributed by atoms with E-state index >= 15 is 0 Å². The van der Waals surface area contributed by atoms with Crippen molar-refractivity contribution in [3.63, 3.8) is 0 Å². The number of benzene rings is 1. The monoisotopic (exact) mass is 342 g/mol. The summed E-state index contributed by atoms with van der Waals surface area (Å²) in [5.41, 5.74) is 3.40. The van der Waals surface area contributed by atoms with Crippen molar-refractivity contribution in [1.82, 2.24) is 20.4 Å². The Bertz CT molecular complexity index is 655. The second-order valence-electron chi connectivity index (χ2n) is 6.61. The molecule has 1 saturated heterocycles. The first kappa shape index (κ1) is 17.6. The summed E-state index contributed by atoms with van der Waals surface area (Å²) in [6.45, 7) is 3.50. The minimum atomic E-state index is 0.0752. The fourth-order valence-corrected chi connectivity index (χ4v) is 3.33. The van der Waals surface area contributed by atoms with Crippen LogP contribution in [0.2, 0.25) is 0 Å². The second kappa shape index (κ2) is 8.78. The summed E-state index contributed by atoms with van der Waals surface area (Å²) in [5.74, 6) is 0.517. The Balaban J connectivity index is 1.44. The summed E-state index contributed by atoms with van der Waals surface area (Å²) in [5, 5.41) is 10.1. The number of hydrogen-bond acceptors (Lipinski definition) is 4. The summed E-state index contributed by atoms with van der Waals surface area (Å²) in [6, 6.07) is 10.2. The number of nitrogens with zero attached hydrogens (tertiary/aromatic N) is 2. The van der Waals surface area contributed by atoms with Crippen LogP contribution in [0.4, 0.5) is 0 Å². The molecule has 0 unspecified atom stereocenters. The molecule has 6 heteroatoms. The Kier molecular flexibility index (Phi) is 6.19. The van der Waals surface area contributed by atoms with Gasteiger partial charge < -0.3 is 10.1 Å². The molecule has 0 bridgehead atoms. The number of amides is 1. The average molecular weight is 342 g/mol. The van der Waals surface area contributed by atoms with Gasteiger partial charge in [-0.15, -0.1) is 0 Å². The molecule has 2 N–H and O–H groups in total. The van der Waals surface area contributed by atoms with Crippen LogP contribution in [0.3, 0.4) is 0 Å². The van der Waals surface area contributed by atoms with E-state index in [2.05, 4.69) is 20.4 Å². The van der Waals surface area contributed by atoms with Gasteiger partial charge in [0.05, 0.1) is 13.2 Å². The van der Waals surface area contributed by atoms with Gasteiger partial charge in [-0.1, -0.05) is 24.3 Å². The maximum atomic E-state index is 12.3. The molecule has 1 aliphatic heterocycles. The third-order valence-electron chi connectivity index (χ3n) is 4.66. The molecule has 0 saturated carbocycles. The minimum absolute atomic E-state index is 0.0752. The van der Waals surface area contributed by atoms with Gasteiger partial charge in [-0.2, -0.15) is 5.10 Å². The first-order chi connectivity index (χ1) is 12.2. The number of nitrogens with one attached hydrogen (secondary N) is 2. The van der Waals surface area contributed by atoms with Crippen LogP contribution in [-0.2, 0) is 22.7 Å². The fourth-order valence-electron chi connectivity index (χ4n) is 3.33. The molecular formula is C19H26N4O2. The molecule has 1 aliphatic rings. The third-order valence-corrected chi connectivity index (χ3v) is 4.66. The lowest BCUT2D eigenvalue weighted by Crippen LogP contribution is -2.41. The van der Waals surface area contributed by atoms with E-state index in [1.54, 1.807) is 13.3 Å². The van der Waals surface area contributed by atoms with Gasteiger partial charge >= 0.3 is 0 Å². The highest BCUT2D eigenvalue weighted by Gasteiger charge is 2.23. The molecule has 1 atom stereocenters. The van der Waals surface area contributed by atoms with Crippen LogP contribution in [0, 0.1) is 0 Å². The number of ether oxygens (including phenoxy) is 1. The third kappa shape index (κ3) is 5.14. The van der Waals surface area contributed by atoms with Crippen LogP contribution in [-0.4, -0.2) is 47.7 Å². The maximum absolute atomic E-state index is 12.3. The first-order valence-electron chi connectivity index (χ1n) is 8.79. The van der Waals surface area contributed by atoms with Gasteiger partial charge in [0.15, 0.2) is 0 Å². The number of carbonyl (C=O) groups is 1. The lowest BCUT2D eigenvalue weighted by atomic mass is 9.95. The Morgan fingerprint density at radius 3 is 2.84 bits per heavy atom. The van der Waals surface area contributed by atoms with Crippen LogP contribution in [0.25, 0.3) is 0 Å². The zero-order valence-electron chi connectivity index (χ0n) is 14.7. The molecule has 1 amide bonds. The van der Waals surface area contributed by atoms with Crippen molar-refractivity contribution in [2.24, 2.45) is 0 Å². The number of piperidine rings is 1. The number of rotatable bonds is 7. The number of hydrogen-bond donors (Lipinski definition) is 2. The Morgan fingerprint density at radius 1 is 1.32 bits per heavy atom. The highest BCUT2D eigenvalue weighted by molar-refractivity contribution is 5.78. The average Bonchev–Trinajstić information content (AvgIpc) is 3.16. The zero-order valence-corrected chi connectivity index (χ0v) is 14.7. The van der Waals surface area contributed by atoms with E-state index in [0.717, 1.165) is 37.1 Å². The van der Waals surface area contributed by atoms with E-state index in [0.29, 0.717) is 25.6 Å². The number of H-pyrrole nitrogens is 1. The van der Waals surface area contributed by atoms with Crippen LogP contribution < -0.4 is 5.32 Å². The minimum Gasteiger partial charge on any atom is -0.380 e. The molecule has 1 fully saturated rings.